The van der Waals surface area contributed by atoms with Gasteiger partial charge in [0.1, 0.15) is 11.9 Å². The minimum absolute atomic E-state index is 0.302. The lowest BCUT2D eigenvalue weighted by molar-refractivity contribution is -0.136. The number of allylic oxidation sites excluding steroid dienone is 1. The fourth-order valence-corrected chi connectivity index (χ4v) is 3.77. The van der Waals surface area contributed by atoms with E-state index in [4.69, 9.17) is 0 Å². The predicted molar refractivity (Wildman–Crippen MR) is 110 cm³/mol. The Morgan fingerprint density at radius 2 is 2.07 bits per heavy atom. The molecular formula is C21H25FN4O4. The first-order valence-electron chi connectivity index (χ1n) is 9.56. The average molecular weight is 416 g/mol. The van der Waals surface area contributed by atoms with E-state index in [-0.39, 0.29) is 11.9 Å². The maximum atomic E-state index is 13.7. The van der Waals surface area contributed by atoms with Crippen LogP contribution in [0.3, 0.4) is 0 Å². The van der Waals surface area contributed by atoms with Crippen molar-refractivity contribution in [3.05, 3.63) is 46.9 Å². The molecule has 0 aromatic heterocycles. The monoisotopic (exact) mass is 416 g/mol. The van der Waals surface area contributed by atoms with Crippen LogP contribution >= 0.6 is 0 Å². The van der Waals surface area contributed by atoms with Gasteiger partial charge in [0.15, 0.2) is 0 Å². The number of aliphatic hydroxyl groups is 1. The second-order valence-electron chi connectivity index (χ2n) is 7.69. The molecule has 0 aliphatic carbocycles. The van der Waals surface area contributed by atoms with Crippen molar-refractivity contribution in [2.75, 3.05) is 26.0 Å². The zero-order chi connectivity index (χ0) is 22.2. The van der Waals surface area contributed by atoms with Crippen LogP contribution in [-0.4, -0.2) is 60.5 Å². The third-order valence-electron chi connectivity index (χ3n) is 5.35. The van der Waals surface area contributed by atoms with E-state index in [9.17, 15) is 23.9 Å². The quantitative estimate of drug-likeness (QED) is 0.526. The third kappa shape index (κ3) is 3.93. The summed E-state index contributed by atoms with van der Waals surface area (Å²) in [6.45, 7) is 3.05. The molecule has 2 aliphatic heterocycles. The van der Waals surface area contributed by atoms with Crippen molar-refractivity contribution in [3.8, 4) is 0 Å². The highest BCUT2D eigenvalue weighted by molar-refractivity contribution is 6.31. The Hall–Kier alpha value is -3.20. The Morgan fingerprint density at radius 3 is 2.70 bits per heavy atom. The summed E-state index contributed by atoms with van der Waals surface area (Å²) in [6.07, 6.45) is 1.61. The van der Waals surface area contributed by atoms with E-state index in [1.807, 2.05) is 6.92 Å². The van der Waals surface area contributed by atoms with Crippen LogP contribution in [-0.2, 0) is 14.4 Å². The number of likely N-dealkylation sites (N-methyl/N-ethyl adjacent to an activating group) is 1. The summed E-state index contributed by atoms with van der Waals surface area (Å²) in [4.78, 5) is 38.6. The molecule has 9 heteroatoms. The van der Waals surface area contributed by atoms with Crippen molar-refractivity contribution in [3.63, 3.8) is 0 Å². The number of hydrogen-bond acceptors (Lipinski definition) is 5. The highest BCUT2D eigenvalue weighted by Gasteiger charge is 2.36. The van der Waals surface area contributed by atoms with Crippen molar-refractivity contribution < 1.29 is 23.9 Å². The SMILES string of the molecule is CC1=C(/C=C2\C(=O)Nc3ccc(F)cc32)NC(C)C1C(=O)N[C@H](CO)C(=O)N(C)C. The number of halogens is 1. The number of carbonyl (C=O) groups is 3. The van der Waals surface area contributed by atoms with Crippen LogP contribution in [0.15, 0.2) is 35.5 Å². The molecule has 0 saturated heterocycles. The lowest BCUT2D eigenvalue weighted by Crippen LogP contribution is -2.51. The molecule has 0 spiro atoms. The van der Waals surface area contributed by atoms with Crippen molar-refractivity contribution in [2.45, 2.75) is 25.9 Å². The predicted octanol–water partition coefficient (Wildman–Crippen LogP) is 0.608. The molecular weight excluding hydrogens is 391 g/mol. The van der Waals surface area contributed by atoms with Gasteiger partial charge in [-0.3, -0.25) is 14.4 Å². The van der Waals surface area contributed by atoms with E-state index >= 15 is 0 Å². The first-order chi connectivity index (χ1) is 14.1. The van der Waals surface area contributed by atoms with Crippen molar-refractivity contribution in [2.24, 2.45) is 5.92 Å². The topological polar surface area (TPSA) is 111 Å². The smallest absolute Gasteiger partial charge is 0.256 e. The summed E-state index contributed by atoms with van der Waals surface area (Å²) in [7, 11) is 3.08. The van der Waals surface area contributed by atoms with Gasteiger partial charge in [0.05, 0.1) is 18.1 Å². The molecule has 160 valence electrons. The fraction of sp³-hybridized carbons (Fsp3) is 0.381. The van der Waals surface area contributed by atoms with Gasteiger partial charge in [-0.1, -0.05) is 0 Å². The molecule has 30 heavy (non-hydrogen) atoms. The van der Waals surface area contributed by atoms with Crippen molar-refractivity contribution in [1.82, 2.24) is 15.5 Å². The minimum atomic E-state index is -1.04. The van der Waals surface area contributed by atoms with Crippen molar-refractivity contribution >= 4 is 29.0 Å². The Kier molecular flexibility index (Phi) is 5.93. The van der Waals surface area contributed by atoms with E-state index in [2.05, 4.69) is 16.0 Å². The number of nitrogens with zero attached hydrogens (tertiary/aromatic N) is 1. The standard InChI is InChI=1S/C21H25FN4O4/c1-10-16(8-14-13-7-12(22)5-6-15(13)24-19(14)28)23-11(2)18(10)20(29)25-17(9-27)21(30)26(3)4/h5-8,11,17-18,23,27H,9H2,1-4H3,(H,24,28)(H,25,29)/b14-8-/t11?,17-,18?/m1/s1. The number of hydrogen-bond donors (Lipinski definition) is 4. The summed E-state index contributed by atoms with van der Waals surface area (Å²) in [5.41, 5.74) is 2.55. The number of amides is 3. The zero-order valence-electron chi connectivity index (χ0n) is 17.2. The molecule has 0 bridgehead atoms. The molecule has 3 amide bonds. The van der Waals surface area contributed by atoms with Gasteiger partial charge in [0.25, 0.3) is 5.91 Å². The van der Waals surface area contributed by atoms with E-state index in [1.165, 1.54) is 23.1 Å². The van der Waals surface area contributed by atoms with Gasteiger partial charge >= 0.3 is 0 Å². The van der Waals surface area contributed by atoms with Gasteiger partial charge in [-0.2, -0.15) is 0 Å². The number of rotatable bonds is 5. The largest absolute Gasteiger partial charge is 0.394 e. The summed E-state index contributed by atoms with van der Waals surface area (Å²) < 4.78 is 13.7. The molecule has 3 atom stereocenters. The first kappa shape index (κ1) is 21.5. The Balaban J connectivity index is 1.87. The summed E-state index contributed by atoms with van der Waals surface area (Å²) in [5, 5.41) is 17.9. The van der Waals surface area contributed by atoms with Crippen LogP contribution in [0.5, 0.6) is 0 Å². The number of benzene rings is 1. The normalized spacial score (nSPS) is 22.5. The molecule has 1 aromatic rings. The number of fused-ring (bicyclic) bond motifs is 1. The Morgan fingerprint density at radius 1 is 1.37 bits per heavy atom. The fourth-order valence-electron chi connectivity index (χ4n) is 3.77. The molecule has 0 saturated carbocycles. The van der Waals surface area contributed by atoms with E-state index in [0.29, 0.717) is 28.1 Å². The van der Waals surface area contributed by atoms with Gasteiger partial charge < -0.3 is 26.0 Å². The molecule has 8 nitrogen and oxygen atoms in total. The molecule has 4 N–H and O–H groups in total. The third-order valence-corrected chi connectivity index (χ3v) is 5.35. The summed E-state index contributed by atoms with van der Waals surface area (Å²) >= 11 is 0. The molecule has 2 aliphatic rings. The van der Waals surface area contributed by atoms with Gasteiger partial charge in [-0.15, -0.1) is 0 Å². The van der Waals surface area contributed by atoms with Gasteiger partial charge in [0, 0.05) is 37.1 Å². The zero-order valence-corrected chi connectivity index (χ0v) is 17.2. The summed E-state index contributed by atoms with van der Waals surface area (Å²) in [5.74, 6) is -2.22. The Bertz CT molecular complexity index is 970. The van der Waals surface area contributed by atoms with Crippen LogP contribution in [0.4, 0.5) is 10.1 Å². The first-order valence-corrected chi connectivity index (χ1v) is 9.56. The molecule has 1 aromatic carbocycles. The lowest BCUT2D eigenvalue weighted by atomic mass is 9.94. The van der Waals surface area contributed by atoms with Gasteiger partial charge in [-0.25, -0.2) is 4.39 Å². The molecule has 2 unspecified atom stereocenters. The molecule has 2 heterocycles. The van der Waals surface area contributed by atoms with Crippen LogP contribution in [0.2, 0.25) is 0 Å². The maximum absolute atomic E-state index is 13.7. The second kappa shape index (κ2) is 8.27. The molecule has 3 rings (SSSR count). The number of aliphatic hydroxyl groups excluding tert-OH is 1. The lowest BCUT2D eigenvalue weighted by Gasteiger charge is -2.23. The number of nitrogens with one attached hydrogen (secondary N) is 3. The second-order valence-corrected chi connectivity index (χ2v) is 7.69. The number of carbonyl (C=O) groups excluding carboxylic acids is 3. The highest BCUT2D eigenvalue weighted by atomic mass is 19.1. The van der Waals surface area contributed by atoms with Crippen LogP contribution < -0.4 is 16.0 Å². The molecule has 0 fully saturated rings. The van der Waals surface area contributed by atoms with Crippen LogP contribution in [0.25, 0.3) is 5.57 Å². The van der Waals surface area contributed by atoms with Gasteiger partial charge in [0.2, 0.25) is 11.8 Å². The van der Waals surface area contributed by atoms with Crippen LogP contribution in [0.1, 0.15) is 19.4 Å². The van der Waals surface area contributed by atoms with Gasteiger partial charge in [-0.05, 0) is 43.7 Å². The van der Waals surface area contributed by atoms with Crippen LogP contribution in [0, 0.1) is 11.7 Å². The number of anilines is 1. The van der Waals surface area contributed by atoms with E-state index in [0.717, 1.165) is 0 Å². The summed E-state index contributed by atoms with van der Waals surface area (Å²) in [6, 6.07) is 2.72. The highest BCUT2D eigenvalue weighted by Crippen LogP contribution is 2.35. The van der Waals surface area contributed by atoms with E-state index < -0.39 is 36.2 Å². The van der Waals surface area contributed by atoms with Crippen molar-refractivity contribution in [1.29, 1.82) is 0 Å². The Labute approximate surface area is 173 Å². The maximum Gasteiger partial charge on any atom is 0.256 e. The molecule has 0 radical (unpaired) electrons. The van der Waals surface area contributed by atoms with E-state index in [1.54, 1.807) is 27.1 Å². The average Bonchev–Trinajstić information content (AvgIpc) is 3.14. The minimum Gasteiger partial charge on any atom is -0.394 e.